The van der Waals surface area contributed by atoms with Gasteiger partial charge in [-0.15, -0.1) is 0 Å². The molecular weight excluding hydrogens is 412 g/mol. The summed E-state index contributed by atoms with van der Waals surface area (Å²) < 4.78 is 12.0. The summed E-state index contributed by atoms with van der Waals surface area (Å²) in [5, 5.41) is 0.626. The lowest BCUT2D eigenvalue weighted by molar-refractivity contribution is -0.0791. The van der Waals surface area contributed by atoms with E-state index in [-0.39, 0.29) is 11.3 Å². The molecule has 2 aromatic rings. The Labute approximate surface area is 188 Å². The maximum Gasteiger partial charge on any atom is 0.314 e. The van der Waals surface area contributed by atoms with E-state index in [1.165, 1.54) is 11.1 Å². The standard InChI is InChI=1S/C24H27ClN4O2/c1-23-6-7-30-13-21(23)24(14-31-22(28-24)27-15-29(2)3)20-9-16(4-5-17(20)10-23)18-8-19(25)12-26-11-18/h4-5,8-9,11-12,15,21H,6-7,10,13-14H2,1-3H3/b27-15+/t21?,23-,24?/m0/s1. The summed E-state index contributed by atoms with van der Waals surface area (Å²) in [5.41, 5.74) is 4.20. The van der Waals surface area contributed by atoms with E-state index in [4.69, 9.17) is 26.1 Å². The van der Waals surface area contributed by atoms with Crippen LogP contribution in [0.5, 0.6) is 0 Å². The second-order valence-corrected chi connectivity index (χ2v) is 9.72. The Morgan fingerprint density at radius 1 is 1.23 bits per heavy atom. The van der Waals surface area contributed by atoms with E-state index in [0.717, 1.165) is 30.6 Å². The van der Waals surface area contributed by atoms with Gasteiger partial charge < -0.3 is 14.4 Å². The Kier molecular flexibility index (Phi) is 5.02. The lowest BCUT2D eigenvalue weighted by atomic mass is 9.55. The Hall–Kier alpha value is -2.44. The molecule has 162 valence electrons. The average Bonchev–Trinajstić information content (AvgIpc) is 3.17. The summed E-state index contributed by atoms with van der Waals surface area (Å²) in [6, 6.07) is 9.02. The minimum atomic E-state index is -0.510. The Morgan fingerprint density at radius 2 is 2.10 bits per heavy atom. The summed E-state index contributed by atoms with van der Waals surface area (Å²) in [4.78, 5) is 15.7. The minimum absolute atomic E-state index is 0.109. The molecule has 0 N–H and O–H groups in total. The highest BCUT2D eigenvalue weighted by molar-refractivity contribution is 6.30. The van der Waals surface area contributed by atoms with Crippen LogP contribution in [-0.4, -0.2) is 56.2 Å². The first kappa shape index (κ1) is 20.5. The highest BCUT2D eigenvalue weighted by atomic mass is 35.5. The number of hydrogen-bond acceptors (Lipinski definition) is 5. The number of benzene rings is 1. The van der Waals surface area contributed by atoms with Gasteiger partial charge in [-0.2, -0.15) is 4.99 Å². The molecule has 0 amide bonds. The Bertz CT molecular complexity index is 1070. The Morgan fingerprint density at radius 3 is 2.90 bits per heavy atom. The molecule has 0 bridgehead atoms. The van der Waals surface area contributed by atoms with Gasteiger partial charge in [0.05, 0.1) is 18.0 Å². The van der Waals surface area contributed by atoms with Crippen molar-refractivity contribution in [2.24, 2.45) is 21.3 Å². The molecule has 7 heteroatoms. The molecule has 2 aliphatic heterocycles. The molecule has 0 saturated carbocycles. The highest BCUT2D eigenvalue weighted by Crippen LogP contribution is 2.56. The van der Waals surface area contributed by atoms with Gasteiger partial charge in [-0.05, 0) is 47.1 Å². The number of pyridine rings is 1. The predicted octanol–water partition coefficient (Wildman–Crippen LogP) is 4.17. The maximum atomic E-state index is 6.21. The van der Waals surface area contributed by atoms with Gasteiger partial charge in [-0.25, -0.2) is 4.99 Å². The number of ether oxygens (including phenoxy) is 2. The zero-order valence-corrected chi connectivity index (χ0v) is 18.9. The molecule has 1 saturated heterocycles. The van der Waals surface area contributed by atoms with Gasteiger partial charge in [0.25, 0.3) is 0 Å². The number of fused-ring (bicyclic) bond motifs is 4. The van der Waals surface area contributed by atoms with Crippen LogP contribution in [0.25, 0.3) is 11.1 Å². The average molecular weight is 439 g/mol. The number of amidine groups is 1. The number of hydrogen-bond donors (Lipinski definition) is 0. The lowest BCUT2D eigenvalue weighted by Crippen LogP contribution is -2.54. The Balaban J connectivity index is 1.66. The number of halogens is 1. The molecular formula is C24H27ClN4O2. The monoisotopic (exact) mass is 438 g/mol. The number of aliphatic imine (C=N–C) groups is 2. The highest BCUT2D eigenvalue weighted by Gasteiger charge is 2.58. The molecule has 0 radical (unpaired) electrons. The fraction of sp³-hybridized carbons (Fsp3) is 0.458. The van der Waals surface area contributed by atoms with Crippen LogP contribution in [0.4, 0.5) is 0 Å². The van der Waals surface area contributed by atoms with Crippen LogP contribution in [0.1, 0.15) is 24.5 Å². The summed E-state index contributed by atoms with van der Waals surface area (Å²) in [7, 11) is 3.87. The predicted molar refractivity (Wildman–Crippen MR) is 123 cm³/mol. The normalized spacial score (nSPS) is 29.4. The van der Waals surface area contributed by atoms with Crippen LogP contribution < -0.4 is 0 Å². The molecule has 6 nitrogen and oxygen atoms in total. The second-order valence-electron chi connectivity index (χ2n) is 9.29. The number of nitrogens with zero attached hydrogens (tertiary/aromatic N) is 4. The fourth-order valence-corrected chi connectivity index (χ4v) is 5.44. The van der Waals surface area contributed by atoms with Crippen LogP contribution in [0, 0.1) is 11.3 Å². The third-order valence-electron chi connectivity index (χ3n) is 6.84. The van der Waals surface area contributed by atoms with Gasteiger partial charge >= 0.3 is 6.02 Å². The van der Waals surface area contributed by atoms with Gasteiger partial charge in [-0.3, -0.25) is 4.98 Å². The summed E-state index contributed by atoms with van der Waals surface area (Å²) in [6.45, 7) is 4.31. The van der Waals surface area contributed by atoms with E-state index in [9.17, 15) is 0 Å². The largest absolute Gasteiger partial charge is 0.461 e. The first-order chi connectivity index (χ1) is 14.9. The van der Waals surface area contributed by atoms with Crippen molar-refractivity contribution < 1.29 is 9.47 Å². The molecule has 1 spiro atoms. The van der Waals surface area contributed by atoms with E-state index in [1.54, 1.807) is 12.5 Å². The SMILES string of the molecule is CN(C)/C=N/C1=NC2(CO1)c1cc(-c3cncc(Cl)c3)ccc1C[C@]1(C)CCOCC21. The smallest absolute Gasteiger partial charge is 0.314 e. The maximum absolute atomic E-state index is 6.21. The van der Waals surface area contributed by atoms with Crippen LogP contribution in [0.2, 0.25) is 5.02 Å². The van der Waals surface area contributed by atoms with E-state index in [2.05, 4.69) is 35.1 Å². The van der Waals surface area contributed by atoms with Gasteiger partial charge in [0, 0.05) is 44.6 Å². The third kappa shape index (κ3) is 3.52. The first-order valence-electron chi connectivity index (χ1n) is 10.6. The van der Waals surface area contributed by atoms with Gasteiger partial charge in [0.1, 0.15) is 12.1 Å². The van der Waals surface area contributed by atoms with Crippen molar-refractivity contribution in [3.8, 4) is 11.1 Å². The molecule has 2 unspecified atom stereocenters. The summed E-state index contributed by atoms with van der Waals surface area (Å²) >= 11 is 6.21. The molecule has 1 fully saturated rings. The van der Waals surface area contributed by atoms with Crippen molar-refractivity contribution >= 4 is 24.0 Å². The molecule has 3 aliphatic rings. The summed E-state index contributed by atoms with van der Waals surface area (Å²) in [6.07, 6.45) is 7.26. The van der Waals surface area contributed by atoms with Crippen molar-refractivity contribution in [1.82, 2.24) is 9.88 Å². The first-order valence-corrected chi connectivity index (χ1v) is 11.0. The van der Waals surface area contributed by atoms with Crippen molar-refractivity contribution in [3.05, 3.63) is 52.8 Å². The minimum Gasteiger partial charge on any atom is -0.461 e. The number of aromatic nitrogens is 1. The van der Waals surface area contributed by atoms with Crippen LogP contribution in [0.3, 0.4) is 0 Å². The molecule has 5 rings (SSSR count). The summed E-state index contributed by atoms with van der Waals surface area (Å²) in [5.74, 6) is 0.223. The molecule has 1 aliphatic carbocycles. The van der Waals surface area contributed by atoms with Crippen LogP contribution >= 0.6 is 11.6 Å². The quantitative estimate of drug-likeness (QED) is 0.521. The molecule has 3 atom stereocenters. The van der Waals surface area contributed by atoms with E-state index in [0.29, 0.717) is 24.3 Å². The van der Waals surface area contributed by atoms with E-state index < -0.39 is 5.54 Å². The van der Waals surface area contributed by atoms with Crippen molar-refractivity contribution in [1.29, 1.82) is 0 Å². The van der Waals surface area contributed by atoms with E-state index in [1.807, 2.05) is 31.3 Å². The molecule has 3 heterocycles. The zero-order chi connectivity index (χ0) is 21.6. The van der Waals surface area contributed by atoms with Gasteiger partial charge in [0.15, 0.2) is 0 Å². The fourth-order valence-electron chi connectivity index (χ4n) is 5.27. The molecule has 1 aromatic heterocycles. The van der Waals surface area contributed by atoms with Crippen molar-refractivity contribution in [2.75, 3.05) is 33.9 Å². The number of rotatable bonds is 2. The lowest BCUT2D eigenvalue weighted by Gasteiger charge is -2.52. The third-order valence-corrected chi connectivity index (χ3v) is 7.05. The van der Waals surface area contributed by atoms with E-state index >= 15 is 0 Å². The molecule has 1 aromatic carbocycles. The van der Waals surface area contributed by atoms with Crippen LogP contribution in [-0.2, 0) is 21.4 Å². The topological polar surface area (TPSA) is 59.3 Å². The molecule has 31 heavy (non-hydrogen) atoms. The van der Waals surface area contributed by atoms with Crippen LogP contribution in [0.15, 0.2) is 46.6 Å². The zero-order valence-electron chi connectivity index (χ0n) is 18.1. The van der Waals surface area contributed by atoms with Gasteiger partial charge in [-0.1, -0.05) is 30.7 Å². The second kappa shape index (κ2) is 7.61. The van der Waals surface area contributed by atoms with Crippen molar-refractivity contribution in [2.45, 2.75) is 25.3 Å². The van der Waals surface area contributed by atoms with Gasteiger partial charge in [0.2, 0.25) is 0 Å². The van der Waals surface area contributed by atoms with Crippen molar-refractivity contribution in [3.63, 3.8) is 0 Å².